The minimum atomic E-state index is -1.03. The van der Waals surface area contributed by atoms with Gasteiger partial charge in [0.1, 0.15) is 5.92 Å². The number of carbonyl (C=O) groups excluding carboxylic acids is 2. The molecule has 0 bridgehead atoms. The number of hydrogen-bond donors (Lipinski definition) is 3. The SMILES string of the molecule is O=C1NCC(O)C1C(=O)Nc1cccc(Br)c1. The van der Waals surface area contributed by atoms with Crippen LogP contribution in [0.25, 0.3) is 0 Å². The number of hydrogen-bond acceptors (Lipinski definition) is 3. The number of carbonyl (C=O) groups is 2. The Labute approximate surface area is 106 Å². The van der Waals surface area contributed by atoms with E-state index in [4.69, 9.17) is 0 Å². The number of β-amino-alcohol motifs (C(OH)–C–C–N with tert-alkyl or cyclic N) is 1. The Morgan fingerprint density at radius 1 is 1.53 bits per heavy atom. The summed E-state index contributed by atoms with van der Waals surface area (Å²) >= 11 is 3.28. The third kappa shape index (κ3) is 2.65. The van der Waals surface area contributed by atoms with Gasteiger partial charge in [-0.05, 0) is 18.2 Å². The van der Waals surface area contributed by atoms with Crippen molar-refractivity contribution in [3.05, 3.63) is 28.7 Å². The van der Waals surface area contributed by atoms with E-state index < -0.39 is 23.8 Å². The molecule has 0 spiro atoms. The van der Waals surface area contributed by atoms with Crippen LogP contribution in [0.5, 0.6) is 0 Å². The van der Waals surface area contributed by atoms with Gasteiger partial charge in [-0.3, -0.25) is 9.59 Å². The van der Waals surface area contributed by atoms with Gasteiger partial charge >= 0.3 is 0 Å². The minimum absolute atomic E-state index is 0.120. The van der Waals surface area contributed by atoms with Gasteiger partial charge in [-0.15, -0.1) is 0 Å². The first-order chi connectivity index (χ1) is 8.08. The Balaban J connectivity index is 2.09. The van der Waals surface area contributed by atoms with Crippen molar-refractivity contribution in [2.24, 2.45) is 5.92 Å². The maximum atomic E-state index is 11.8. The highest BCUT2D eigenvalue weighted by Gasteiger charge is 2.39. The number of amides is 2. The zero-order valence-corrected chi connectivity index (χ0v) is 10.4. The molecule has 1 saturated heterocycles. The largest absolute Gasteiger partial charge is 0.390 e. The molecule has 0 aliphatic carbocycles. The molecule has 3 N–H and O–H groups in total. The van der Waals surface area contributed by atoms with Crippen LogP contribution >= 0.6 is 15.9 Å². The van der Waals surface area contributed by atoms with Crippen molar-refractivity contribution in [3.63, 3.8) is 0 Å². The number of anilines is 1. The zero-order valence-electron chi connectivity index (χ0n) is 8.81. The molecule has 1 heterocycles. The van der Waals surface area contributed by atoms with E-state index in [-0.39, 0.29) is 6.54 Å². The van der Waals surface area contributed by atoms with Crippen LogP contribution in [0.4, 0.5) is 5.69 Å². The monoisotopic (exact) mass is 298 g/mol. The van der Waals surface area contributed by atoms with Gasteiger partial charge in [0.15, 0.2) is 0 Å². The van der Waals surface area contributed by atoms with E-state index in [0.717, 1.165) is 4.47 Å². The normalized spacial score (nSPS) is 23.3. The Kier molecular flexibility index (Phi) is 3.44. The molecule has 2 rings (SSSR count). The molecular formula is C11H11BrN2O3. The fourth-order valence-corrected chi connectivity index (χ4v) is 2.09. The second kappa shape index (κ2) is 4.85. The fourth-order valence-electron chi connectivity index (χ4n) is 1.69. The van der Waals surface area contributed by atoms with Crippen LogP contribution in [-0.4, -0.2) is 29.6 Å². The molecule has 2 amide bonds. The van der Waals surface area contributed by atoms with Gasteiger partial charge in [0.2, 0.25) is 11.8 Å². The summed E-state index contributed by atoms with van der Waals surface area (Å²) in [6.07, 6.45) is -0.963. The summed E-state index contributed by atoms with van der Waals surface area (Å²) in [7, 11) is 0. The second-order valence-electron chi connectivity index (χ2n) is 3.79. The number of nitrogens with one attached hydrogen (secondary N) is 2. The van der Waals surface area contributed by atoms with Gasteiger partial charge < -0.3 is 15.7 Å². The van der Waals surface area contributed by atoms with Crippen LogP contribution in [0.2, 0.25) is 0 Å². The molecule has 90 valence electrons. The van der Waals surface area contributed by atoms with E-state index in [9.17, 15) is 14.7 Å². The topological polar surface area (TPSA) is 78.4 Å². The molecule has 2 atom stereocenters. The minimum Gasteiger partial charge on any atom is -0.390 e. The van der Waals surface area contributed by atoms with Gasteiger partial charge in [-0.1, -0.05) is 22.0 Å². The summed E-state index contributed by atoms with van der Waals surface area (Å²) in [6, 6.07) is 7.02. The molecule has 5 nitrogen and oxygen atoms in total. The third-order valence-corrected chi connectivity index (χ3v) is 3.02. The molecule has 0 saturated carbocycles. The first kappa shape index (κ1) is 12.1. The summed E-state index contributed by atoms with van der Waals surface area (Å²) in [4.78, 5) is 23.1. The van der Waals surface area contributed by atoms with Crippen LogP contribution in [0.15, 0.2) is 28.7 Å². The molecule has 2 unspecified atom stereocenters. The van der Waals surface area contributed by atoms with Crippen molar-refractivity contribution in [3.8, 4) is 0 Å². The first-order valence-corrected chi connectivity index (χ1v) is 5.89. The van der Waals surface area contributed by atoms with Gasteiger partial charge in [0.05, 0.1) is 6.10 Å². The van der Waals surface area contributed by atoms with Gasteiger partial charge in [0, 0.05) is 16.7 Å². The zero-order chi connectivity index (χ0) is 12.4. The number of aliphatic hydroxyl groups is 1. The molecular weight excluding hydrogens is 288 g/mol. The highest BCUT2D eigenvalue weighted by molar-refractivity contribution is 9.10. The lowest BCUT2D eigenvalue weighted by molar-refractivity contribution is -0.132. The lowest BCUT2D eigenvalue weighted by Crippen LogP contribution is -2.34. The van der Waals surface area contributed by atoms with E-state index in [1.165, 1.54) is 0 Å². The van der Waals surface area contributed by atoms with Crippen molar-refractivity contribution >= 4 is 33.4 Å². The van der Waals surface area contributed by atoms with Crippen molar-refractivity contribution < 1.29 is 14.7 Å². The van der Waals surface area contributed by atoms with E-state index in [1.54, 1.807) is 18.2 Å². The maximum absolute atomic E-state index is 11.8. The van der Waals surface area contributed by atoms with Crippen molar-refractivity contribution in [2.75, 3.05) is 11.9 Å². The highest BCUT2D eigenvalue weighted by atomic mass is 79.9. The summed E-state index contributed by atoms with van der Waals surface area (Å²) < 4.78 is 0.826. The average molecular weight is 299 g/mol. The van der Waals surface area contributed by atoms with Crippen LogP contribution in [-0.2, 0) is 9.59 Å². The standard InChI is InChI=1S/C11H11BrN2O3/c12-6-2-1-3-7(4-6)14-11(17)9-8(15)5-13-10(9)16/h1-4,8-9,15H,5H2,(H,13,16)(H,14,17). The van der Waals surface area contributed by atoms with E-state index >= 15 is 0 Å². The van der Waals surface area contributed by atoms with E-state index in [1.807, 2.05) is 6.07 Å². The second-order valence-corrected chi connectivity index (χ2v) is 4.71. The summed E-state index contributed by atoms with van der Waals surface area (Å²) in [6.45, 7) is 0.120. The predicted octanol–water partition coefficient (Wildman–Crippen LogP) is 0.495. The van der Waals surface area contributed by atoms with E-state index in [2.05, 4.69) is 26.6 Å². The molecule has 1 aliphatic rings. The molecule has 0 aromatic heterocycles. The molecule has 0 radical (unpaired) electrons. The van der Waals surface area contributed by atoms with Gasteiger partial charge in [-0.2, -0.15) is 0 Å². The smallest absolute Gasteiger partial charge is 0.239 e. The van der Waals surface area contributed by atoms with Crippen LogP contribution in [0.1, 0.15) is 0 Å². The number of aliphatic hydroxyl groups excluding tert-OH is 1. The van der Waals surface area contributed by atoms with Crippen molar-refractivity contribution in [1.29, 1.82) is 0 Å². The molecule has 1 aliphatic heterocycles. The molecule has 1 aromatic carbocycles. The quantitative estimate of drug-likeness (QED) is 0.696. The lowest BCUT2D eigenvalue weighted by Gasteiger charge is -2.12. The van der Waals surface area contributed by atoms with Crippen LogP contribution < -0.4 is 10.6 Å². The number of benzene rings is 1. The highest BCUT2D eigenvalue weighted by Crippen LogP contribution is 2.18. The molecule has 17 heavy (non-hydrogen) atoms. The Morgan fingerprint density at radius 3 is 2.88 bits per heavy atom. The molecule has 1 aromatic rings. The van der Waals surface area contributed by atoms with Crippen LogP contribution in [0, 0.1) is 5.92 Å². The van der Waals surface area contributed by atoms with Crippen molar-refractivity contribution in [1.82, 2.24) is 5.32 Å². The molecule has 6 heteroatoms. The predicted molar refractivity (Wildman–Crippen MR) is 65.3 cm³/mol. The summed E-state index contributed by atoms with van der Waals surface area (Å²) in [5.74, 6) is -1.97. The van der Waals surface area contributed by atoms with Gasteiger partial charge in [0.25, 0.3) is 0 Å². The van der Waals surface area contributed by atoms with Crippen molar-refractivity contribution in [2.45, 2.75) is 6.10 Å². The summed E-state index contributed by atoms with van der Waals surface area (Å²) in [5.41, 5.74) is 0.580. The fraction of sp³-hybridized carbons (Fsp3) is 0.273. The van der Waals surface area contributed by atoms with Gasteiger partial charge in [-0.25, -0.2) is 0 Å². The lowest BCUT2D eigenvalue weighted by atomic mass is 10.0. The maximum Gasteiger partial charge on any atom is 0.239 e. The molecule has 1 fully saturated rings. The van der Waals surface area contributed by atoms with Crippen LogP contribution in [0.3, 0.4) is 0 Å². The number of rotatable bonds is 2. The third-order valence-electron chi connectivity index (χ3n) is 2.53. The number of halogens is 1. The van der Waals surface area contributed by atoms with E-state index in [0.29, 0.717) is 5.69 Å². The Hall–Kier alpha value is -1.40. The Bertz CT molecular complexity index is 464. The average Bonchev–Trinajstić information content (AvgIpc) is 2.58. The first-order valence-electron chi connectivity index (χ1n) is 5.10. The summed E-state index contributed by atoms with van der Waals surface area (Å²) in [5, 5.41) is 14.5. The Morgan fingerprint density at radius 2 is 2.29 bits per heavy atom.